The summed E-state index contributed by atoms with van der Waals surface area (Å²) in [7, 11) is 0. The molecule has 0 radical (unpaired) electrons. The molecule has 6 heteroatoms. The topological polar surface area (TPSA) is 45.5 Å². The number of hydrogen-bond acceptors (Lipinski definition) is 4. The molecule has 1 fully saturated rings. The van der Waals surface area contributed by atoms with Gasteiger partial charge in [0, 0.05) is 19.3 Å². The molecular formula is C15H22ClN5. The summed E-state index contributed by atoms with van der Waals surface area (Å²) in [6.07, 6.45) is 5.84. The Morgan fingerprint density at radius 3 is 2.90 bits per heavy atom. The van der Waals surface area contributed by atoms with Crippen molar-refractivity contribution in [3.05, 3.63) is 23.4 Å². The maximum atomic E-state index is 5.95. The van der Waals surface area contributed by atoms with E-state index in [9.17, 15) is 0 Å². The molecule has 2 aromatic heterocycles. The molecular weight excluding hydrogens is 286 g/mol. The first kappa shape index (κ1) is 14.6. The number of halogens is 1. The zero-order valence-corrected chi connectivity index (χ0v) is 13.2. The second-order valence-electron chi connectivity index (χ2n) is 5.93. The van der Waals surface area contributed by atoms with Gasteiger partial charge in [-0.05, 0) is 44.0 Å². The third-order valence-corrected chi connectivity index (χ3v) is 4.15. The summed E-state index contributed by atoms with van der Waals surface area (Å²) in [5, 5.41) is 8.38. The van der Waals surface area contributed by atoms with E-state index in [1.54, 1.807) is 10.7 Å². The Bertz CT molecular complexity index is 591. The average molecular weight is 308 g/mol. The van der Waals surface area contributed by atoms with Crippen LogP contribution in [-0.4, -0.2) is 45.7 Å². The van der Waals surface area contributed by atoms with Crippen LogP contribution in [0.25, 0.3) is 5.65 Å². The van der Waals surface area contributed by atoms with Gasteiger partial charge < -0.3 is 10.2 Å². The van der Waals surface area contributed by atoms with Crippen molar-refractivity contribution in [2.45, 2.75) is 26.2 Å². The predicted molar refractivity (Wildman–Crippen MR) is 85.9 cm³/mol. The standard InChI is InChI=1S/C15H22ClN5/c1-12(10-20-7-3-2-4-8-20)9-17-15-18-14-6-5-13(16)11-21(14)19-15/h5-6,11-12H,2-4,7-10H2,1H3,(H,17,19). The maximum Gasteiger partial charge on any atom is 0.243 e. The predicted octanol–water partition coefficient (Wildman–Crippen LogP) is 2.92. The second kappa shape index (κ2) is 6.62. The molecule has 0 amide bonds. The molecule has 1 saturated heterocycles. The van der Waals surface area contributed by atoms with Gasteiger partial charge in [-0.1, -0.05) is 24.9 Å². The van der Waals surface area contributed by atoms with Crippen LogP contribution in [0.15, 0.2) is 18.3 Å². The van der Waals surface area contributed by atoms with Crippen molar-refractivity contribution in [2.24, 2.45) is 5.92 Å². The smallest absolute Gasteiger partial charge is 0.243 e. The Morgan fingerprint density at radius 1 is 1.29 bits per heavy atom. The molecule has 1 aliphatic heterocycles. The van der Waals surface area contributed by atoms with Gasteiger partial charge in [0.1, 0.15) is 0 Å². The van der Waals surface area contributed by atoms with Crippen LogP contribution in [0, 0.1) is 5.92 Å². The molecule has 0 spiro atoms. The highest BCUT2D eigenvalue weighted by atomic mass is 35.5. The minimum atomic E-state index is 0.582. The molecule has 0 saturated carbocycles. The summed E-state index contributed by atoms with van der Waals surface area (Å²) in [6.45, 7) is 6.80. The van der Waals surface area contributed by atoms with E-state index in [0.717, 1.165) is 18.7 Å². The summed E-state index contributed by atoms with van der Waals surface area (Å²) in [5.41, 5.74) is 0.811. The monoisotopic (exact) mass is 307 g/mol. The van der Waals surface area contributed by atoms with Crippen LogP contribution < -0.4 is 5.32 Å². The lowest BCUT2D eigenvalue weighted by Gasteiger charge is -2.29. The molecule has 0 bridgehead atoms. The van der Waals surface area contributed by atoms with Crippen LogP contribution in [0.5, 0.6) is 0 Å². The average Bonchev–Trinajstić information content (AvgIpc) is 2.88. The van der Waals surface area contributed by atoms with Crippen LogP contribution in [0.1, 0.15) is 26.2 Å². The first-order chi connectivity index (χ1) is 10.2. The normalized spacial score (nSPS) is 18.0. The largest absolute Gasteiger partial charge is 0.353 e. The number of anilines is 1. The van der Waals surface area contributed by atoms with E-state index >= 15 is 0 Å². The fourth-order valence-electron chi connectivity index (χ4n) is 2.85. The fraction of sp³-hybridized carbons (Fsp3) is 0.600. The summed E-state index contributed by atoms with van der Waals surface area (Å²) in [6, 6.07) is 3.70. The van der Waals surface area contributed by atoms with Crippen molar-refractivity contribution in [1.82, 2.24) is 19.5 Å². The zero-order chi connectivity index (χ0) is 14.7. The number of rotatable bonds is 5. The Morgan fingerprint density at radius 2 is 2.10 bits per heavy atom. The van der Waals surface area contributed by atoms with Crippen molar-refractivity contribution >= 4 is 23.2 Å². The number of hydrogen-bond donors (Lipinski definition) is 1. The number of piperidine rings is 1. The van der Waals surface area contributed by atoms with Gasteiger partial charge in [0.15, 0.2) is 5.65 Å². The lowest BCUT2D eigenvalue weighted by Crippen LogP contribution is -2.35. The highest BCUT2D eigenvalue weighted by Gasteiger charge is 2.13. The van der Waals surface area contributed by atoms with Gasteiger partial charge in [-0.15, -0.1) is 5.10 Å². The highest BCUT2D eigenvalue weighted by Crippen LogP contribution is 2.13. The van der Waals surface area contributed by atoms with Gasteiger partial charge in [0.25, 0.3) is 0 Å². The molecule has 2 aromatic rings. The first-order valence-corrected chi connectivity index (χ1v) is 8.07. The van der Waals surface area contributed by atoms with Crippen LogP contribution in [0.4, 0.5) is 5.95 Å². The first-order valence-electron chi connectivity index (χ1n) is 7.69. The third kappa shape index (κ3) is 3.86. The number of pyridine rings is 1. The quantitative estimate of drug-likeness (QED) is 0.922. The molecule has 3 heterocycles. The van der Waals surface area contributed by atoms with Crippen molar-refractivity contribution in [3.63, 3.8) is 0 Å². The number of fused-ring (bicyclic) bond motifs is 1. The molecule has 114 valence electrons. The van der Waals surface area contributed by atoms with Crippen LogP contribution >= 0.6 is 11.6 Å². The molecule has 1 aliphatic rings. The van der Waals surface area contributed by atoms with E-state index in [1.807, 2.05) is 12.1 Å². The molecule has 3 rings (SSSR count). The van der Waals surface area contributed by atoms with Gasteiger partial charge in [-0.25, -0.2) is 4.52 Å². The lowest BCUT2D eigenvalue weighted by molar-refractivity contribution is 0.204. The second-order valence-corrected chi connectivity index (χ2v) is 6.37. The van der Waals surface area contributed by atoms with Crippen molar-refractivity contribution in [2.75, 3.05) is 31.5 Å². The summed E-state index contributed by atoms with van der Waals surface area (Å²) in [4.78, 5) is 7.00. The summed E-state index contributed by atoms with van der Waals surface area (Å²) >= 11 is 5.95. The van der Waals surface area contributed by atoms with Gasteiger partial charge in [0.2, 0.25) is 5.95 Å². The zero-order valence-electron chi connectivity index (χ0n) is 12.4. The van der Waals surface area contributed by atoms with Crippen LogP contribution in [-0.2, 0) is 0 Å². The molecule has 1 N–H and O–H groups in total. The van der Waals surface area contributed by atoms with Gasteiger partial charge in [-0.2, -0.15) is 4.98 Å². The molecule has 21 heavy (non-hydrogen) atoms. The van der Waals surface area contributed by atoms with Crippen LogP contribution in [0.2, 0.25) is 5.02 Å². The minimum absolute atomic E-state index is 0.582. The Kier molecular flexibility index (Phi) is 4.60. The van der Waals surface area contributed by atoms with Crippen LogP contribution in [0.3, 0.4) is 0 Å². The molecule has 1 atom stereocenters. The Labute approximate surface area is 130 Å². The fourth-order valence-corrected chi connectivity index (χ4v) is 3.00. The number of nitrogens with zero attached hydrogens (tertiary/aromatic N) is 4. The van der Waals surface area contributed by atoms with Crippen molar-refractivity contribution in [3.8, 4) is 0 Å². The SMILES string of the molecule is CC(CNc1nc2ccc(Cl)cn2n1)CN1CCCCC1. The molecule has 0 aliphatic carbocycles. The molecule has 0 aromatic carbocycles. The third-order valence-electron chi connectivity index (χ3n) is 3.92. The van der Waals surface area contributed by atoms with Crippen molar-refractivity contribution < 1.29 is 0 Å². The lowest BCUT2D eigenvalue weighted by atomic mass is 10.1. The van der Waals surface area contributed by atoms with Gasteiger partial charge in [-0.3, -0.25) is 0 Å². The molecule has 1 unspecified atom stereocenters. The number of likely N-dealkylation sites (tertiary alicyclic amines) is 1. The van der Waals surface area contributed by atoms with Gasteiger partial charge in [0.05, 0.1) is 5.02 Å². The highest BCUT2D eigenvalue weighted by molar-refractivity contribution is 6.30. The van der Waals surface area contributed by atoms with E-state index in [0.29, 0.717) is 16.9 Å². The van der Waals surface area contributed by atoms with E-state index in [1.165, 1.54) is 32.4 Å². The van der Waals surface area contributed by atoms with Gasteiger partial charge >= 0.3 is 0 Å². The van der Waals surface area contributed by atoms with Crippen molar-refractivity contribution in [1.29, 1.82) is 0 Å². The Hall–Kier alpha value is -1.33. The van der Waals surface area contributed by atoms with E-state index in [-0.39, 0.29) is 0 Å². The molecule has 5 nitrogen and oxygen atoms in total. The van der Waals surface area contributed by atoms with E-state index < -0.39 is 0 Å². The van der Waals surface area contributed by atoms with E-state index in [4.69, 9.17) is 11.6 Å². The summed E-state index contributed by atoms with van der Waals surface area (Å²) < 4.78 is 1.71. The number of aromatic nitrogens is 3. The minimum Gasteiger partial charge on any atom is -0.353 e. The Balaban J connectivity index is 1.53. The summed E-state index contributed by atoms with van der Waals surface area (Å²) in [5.74, 6) is 1.25. The van der Waals surface area contributed by atoms with E-state index in [2.05, 4.69) is 27.2 Å². The maximum absolute atomic E-state index is 5.95. The number of nitrogens with one attached hydrogen (secondary N) is 1.